The van der Waals surface area contributed by atoms with Crippen LogP contribution in [0.4, 0.5) is 5.69 Å². The van der Waals surface area contributed by atoms with Crippen molar-refractivity contribution in [1.29, 1.82) is 0 Å². The summed E-state index contributed by atoms with van der Waals surface area (Å²) >= 11 is 0. The first-order valence-electron chi connectivity index (χ1n) is 7.31. The topological polar surface area (TPSA) is 78.7 Å². The van der Waals surface area contributed by atoms with Crippen molar-refractivity contribution in [2.45, 2.75) is 12.8 Å². The molecule has 6 nitrogen and oxygen atoms in total. The number of carbonyl (C=O) groups excluding carboxylic acids is 1. The quantitative estimate of drug-likeness (QED) is 0.329. The Morgan fingerprint density at radius 2 is 2.00 bits per heavy atom. The Balaban J connectivity index is 2.31. The first kappa shape index (κ1) is 17.2. The van der Waals surface area contributed by atoms with Gasteiger partial charge in [-0.05, 0) is 30.7 Å². The molecule has 2 aromatic rings. The van der Waals surface area contributed by atoms with Gasteiger partial charge < -0.3 is 9.47 Å². The number of benzene rings is 2. The number of hydrogen-bond acceptors (Lipinski definition) is 5. The van der Waals surface area contributed by atoms with Crippen LogP contribution < -0.4 is 4.74 Å². The summed E-state index contributed by atoms with van der Waals surface area (Å²) in [5.41, 5.74) is 0.398. The molecule has 0 aliphatic heterocycles. The summed E-state index contributed by atoms with van der Waals surface area (Å²) < 4.78 is 10.6. The van der Waals surface area contributed by atoms with Crippen LogP contribution in [0.2, 0.25) is 0 Å². The van der Waals surface area contributed by atoms with E-state index in [1.165, 1.54) is 24.3 Å². The average molecular weight is 327 g/mol. The zero-order valence-electron chi connectivity index (χ0n) is 13.2. The summed E-state index contributed by atoms with van der Waals surface area (Å²) in [6.45, 7) is 5.26. The molecule has 6 heteroatoms. The highest BCUT2D eigenvalue weighted by atomic mass is 16.6. The molecule has 0 aliphatic carbocycles. The normalized spacial score (nSPS) is 11.4. The maximum Gasteiger partial charge on any atom is 0.313 e. The molecule has 124 valence electrons. The smallest absolute Gasteiger partial charge is 0.313 e. The zero-order valence-corrected chi connectivity index (χ0v) is 13.2. The van der Waals surface area contributed by atoms with Gasteiger partial charge in [-0.1, -0.05) is 36.9 Å². The maximum absolute atomic E-state index is 11.9. The molecular weight excluding hydrogens is 310 g/mol. The van der Waals surface area contributed by atoms with Gasteiger partial charge in [0.05, 0.1) is 10.8 Å². The highest BCUT2D eigenvalue weighted by Crippen LogP contribution is 2.34. The molecule has 0 N–H and O–H groups in total. The molecule has 0 spiro atoms. The fourth-order valence-corrected chi connectivity index (χ4v) is 2.05. The number of nitro groups is 1. The second kappa shape index (κ2) is 7.92. The molecule has 0 fully saturated rings. The number of hydrogen-bond donors (Lipinski definition) is 0. The lowest BCUT2D eigenvalue weighted by molar-refractivity contribution is -0.385. The largest absolute Gasteiger partial charge is 0.461 e. The molecule has 0 heterocycles. The lowest BCUT2D eigenvalue weighted by atomic mass is 10.0. The Hall–Kier alpha value is -3.15. The molecule has 2 rings (SSSR count). The Bertz CT molecular complexity index is 742. The molecular formula is C18H17NO5. The molecule has 1 atom stereocenters. The number of nitro benzene ring substituents is 1. The zero-order chi connectivity index (χ0) is 17.5. The molecule has 0 radical (unpaired) electrons. The van der Waals surface area contributed by atoms with Crippen LogP contribution in [0.15, 0.2) is 61.2 Å². The standard InChI is InChI=1S/C18H17NO5/c1-3-11-23-18(20)13(2)14-9-10-16(19(21)22)17(12-14)24-15-7-5-4-6-8-15/h3-10,12-13H,1,11H2,2H3. The van der Waals surface area contributed by atoms with Gasteiger partial charge in [0, 0.05) is 6.07 Å². The summed E-state index contributed by atoms with van der Waals surface area (Å²) in [5.74, 6) is -0.468. The van der Waals surface area contributed by atoms with E-state index in [9.17, 15) is 14.9 Å². The number of esters is 1. The third kappa shape index (κ3) is 4.19. The van der Waals surface area contributed by atoms with Crippen LogP contribution in [0.3, 0.4) is 0 Å². The second-order valence-electron chi connectivity index (χ2n) is 5.04. The van der Waals surface area contributed by atoms with E-state index in [-0.39, 0.29) is 18.0 Å². The summed E-state index contributed by atoms with van der Waals surface area (Å²) in [6.07, 6.45) is 1.48. The molecule has 0 aromatic heterocycles. The fraction of sp³-hybridized carbons (Fsp3) is 0.167. The number of rotatable bonds is 7. The van der Waals surface area contributed by atoms with Crippen molar-refractivity contribution >= 4 is 11.7 Å². The Morgan fingerprint density at radius 3 is 2.62 bits per heavy atom. The van der Waals surface area contributed by atoms with Gasteiger partial charge in [-0.3, -0.25) is 14.9 Å². The van der Waals surface area contributed by atoms with Gasteiger partial charge in [-0.2, -0.15) is 0 Å². The fourth-order valence-electron chi connectivity index (χ4n) is 2.05. The van der Waals surface area contributed by atoms with E-state index in [2.05, 4.69) is 6.58 Å². The second-order valence-corrected chi connectivity index (χ2v) is 5.04. The minimum Gasteiger partial charge on any atom is -0.461 e. The van der Waals surface area contributed by atoms with Crippen molar-refractivity contribution in [3.8, 4) is 11.5 Å². The molecule has 2 aromatic carbocycles. The predicted molar refractivity (Wildman–Crippen MR) is 89.2 cm³/mol. The highest BCUT2D eigenvalue weighted by Gasteiger charge is 2.22. The monoisotopic (exact) mass is 327 g/mol. The van der Waals surface area contributed by atoms with E-state index in [4.69, 9.17) is 9.47 Å². The summed E-state index contributed by atoms with van der Waals surface area (Å²) in [4.78, 5) is 22.6. The van der Waals surface area contributed by atoms with Crippen LogP contribution in [-0.4, -0.2) is 17.5 Å². The van der Waals surface area contributed by atoms with E-state index in [0.29, 0.717) is 11.3 Å². The lowest BCUT2D eigenvalue weighted by Gasteiger charge is -2.13. The van der Waals surface area contributed by atoms with Crippen molar-refractivity contribution in [3.63, 3.8) is 0 Å². The molecule has 0 amide bonds. The van der Waals surface area contributed by atoms with Crippen LogP contribution in [0, 0.1) is 10.1 Å². The van der Waals surface area contributed by atoms with Crippen LogP contribution in [-0.2, 0) is 9.53 Å². The van der Waals surface area contributed by atoms with Crippen LogP contribution >= 0.6 is 0 Å². The minimum atomic E-state index is -0.580. The van der Waals surface area contributed by atoms with Crippen LogP contribution in [0.5, 0.6) is 11.5 Å². The summed E-state index contributed by atoms with van der Waals surface area (Å²) in [5, 5.41) is 11.2. The lowest BCUT2D eigenvalue weighted by Crippen LogP contribution is -2.13. The first-order valence-corrected chi connectivity index (χ1v) is 7.31. The van der Waals surface area contributed by atoms with Gasteiger partial charge in [0.15, 0.2) is 0 Å². The van der Waals surface area contributed by atoms with Gasteiger partial charge >= 0.3 is 11.7 Å². The average Bonchev–Trinajstić information content (AvgIpc) is 2.59. The number of para-hydroxylation sites is 1. The van der Waals surface area contributed by atoms with Crippen LogP contribution in [0.25, 0.3) is 0 Å². The molecule has 0 bridgehead atoms. The third-order valence-corrected chi connectivity index (χ3v) is 3.35. The van der Waals surface area contributed by atoms with Crippen molar-refractivity contribution in [3.05, 3.63) is 76.9 Å². The van der Waals surface area contributed by atoms with Gasteiger partial charge in [-0.15, -0.1) is 0 Å². The predicted octanol–water partition coefficient (Wildman–Crippen LogP) is 4.22. The Morgan fingerprint density at radius 1 is 1.29 bits per heavy atom. The van der Waals surface area contributed by atoms with E-state index in [0.717, 1.165) is 0 Å². The van der Waals surface area contributed by atoms with Crippen molar-refractivity contribution in [1.82, 2.24) is 0 Å². The Kier molecular flexibility index (Phi) is 5.68. The molecule has 1 unspecified atom stereocenters. The molecule has 0 saturated heterocycles. The van der Waals surface area contributed by atoms with E-state index >= 15 is 0 Å². The van der Waals surface area contributed by atoms with Gasteiger partial charge in [-0.25, -0.2) is 0 Å². The van der Waals surface area contributed by atoms with Crippen molar-refractivity contribution in [2.24, 2.45) is 0 Å². The first-order chi connectivity index (χ1) is 11.5. The van der Waals surface area contributed by atoms with E-state index in [1.807, 2.05) is 6.07 Å². The van der Waals surface area contributed by atoms with E-state index in [1.54, 1.807) is 31.2 Å². The molecule has 24 heavy (non-hydrogen) atoms. The molecule has 0 saturated carbocycles. The van der Waals surface area contributed by atoms with Crippen LogP contribution in [0.1, 0.15) is 18.4 Å². The number of carbonyl (C=O) groups is 1. The number of nitrogens with zero attached hydrogens (tertiary/aromatic N) is 1. The third-order valence-electron chi connectivity index (χ3n) is 3.35. The molecule has 0 aliphatic rings. The minimum absolute atomic E-state index is 0.0760. The summed E-state index contributed by atoms with van der Waals surface area (Å²) in [6, 6.07) is 13.1. The Labute approximate surface area is 139 Å². The highest BCUT2D eigenvalue weighted by molar-refractivity contribution is 5.78. The van der Waals surface area contributed by atoms with Crippen molar-refractivity contribution < 1.29 is 19.2 Å². The van der Waals surface area contributed by atoms with E-state index < -0.39 is 16.8 Å². The number of ether oxygens (including phenoxy) is 2. The van der Waals surface area contributed by atoms with Gasteiger partial charge in [0.25, 0.3) is 0 Å². The van der Waals surface area contributed by atoms with Gasteiger partial charge in [0.1, 0.15) is 12.4 Å². The SMILES string of the molecule is C=CCOC(=O)C(C)c1ccc([N+](=O)[O-])c(Oc2ccccc2)c1. The summed E-state index contributed by atoms with van der Waals surface area (Å²) in [7, 11) is 0. The maximum atomic E-state index is 11.9. The van der Waals surface area contributed by atoms with Crippen molar-refractivity contribution in [2.75, 3.05) is 6.61 Å². The van der Waals surface area contributed by atoms with Gasteiger partial charge in [0.2, 0.25) is 5.75 Å².